The molecular weight excluding hydrogens is 134 g/mol. The predicted molar refractivity (Wildman–Crippen MR) is 43.2 cm³/mol. The molecule has 11 heavy (non-hydrogen) atoms. The third-order valence-electron chi connectivity index (χ3n) is 2.99. The van der Waals surface area contributed by atoms with Crippen molar-refractivity contribution >= 4 is 0 Å². The van der Waals surface area contributed by atoms with Gasteiger partial charge in [-0.05, 0) is 42.7 Å². The van der Waals surface area contributed by atoms with Crippen molar-refractivity contribution in [1.82, 2.24) is 4.98 Å². The summed E-state index contributed by atoms with van der Waals surface area (Å²) in [5, 5.41) is 0. The van der Waals surface area contributed by atoms with E-state index >= 15 is 0 Å². The van der Waals surface area contributed by atoms with Gasteiger partial charge in [-0.2, -0.15) is 0 Å². The minimum absolute atomic E-state index is 0.998. The summed E-state index contributed by atoms with van der Waals surface area (Å²) < 4.78 is 0. The van der Waals surface area contributed by atoms with Crippen molar-refractivity contribution < 1.29 is 0 Å². The Morgan fingerprint density at radius 3 is 3.18 bits per heavy atom. The topological polar surface area (TPSA) is 12.9 Å². The van der Waals surface area contributed by atoms with Gasteiger partial charge in [0.05, 0.1) is 0 Å². The number of aromatic nitrogens is 1. The molecular formula is C10H11N. The predicted octanol–water partition coefficient (Wildman–Crippen LogP) is 1.82. The van der Waals surface area contributed by atoms with Crippen molar-refractivity contribution in [3.8, 4) is 0 Å². The molecule has 1 nitrogen and oxygen atoms in total. The maximum atomic E-state index is 4.40. The highest BCUT2D eigenvalue weighted by Crippen LogP contribution is 2.47. The summed E-state index contributed by atoms with van der Waals surface area (Å²) in [7, 11) is 0. The van der Waals surface area contributed by atoms with Crippen LogP contribution in [0.3, 0.4) is 0 Å². The Kier molecular flexibility index (Phi) is 0.965. The van der Waals surface area contributed by atoms with Crippen molar-refractivity contribution in [3.05, 3.63) is 29.6 Å². The third-order valence-corrected chi connectivity index (χ3v) is 2.99. The van der Waals surface area contributed by atoms with Crippen LogP contribution < -0.4 is 0 Å². The summed E-state index contributed by atoms with van der Waals surface area (Å²) in [6.45, 7) is 0. The Labute approximate surface area is 66.5 Å². The number of fused-ring (bicyclic) bond motifs is 2. The molecule has 1 heteroatoms. The number of rotatable bonds is 0. The lowest BCUT2D eigenvalue weighted by Crippen LogP contribution is -2.06. The van der Waals surface area contributed by atoms with E-state index < -0.39 is 0 Å². The van der Waals surface area contributed by atoms with Gasteiger partial charge in [0.1, 0.15) is 0 Å². The van der Waals surface area contributed by atoms with Gasteiger partial charge in [0, 0.05) is 11.9 Å². The second-order valence-electron chi connectivity index (χ2n) is 3.77. The molecule has 1 fully saturated rings. The van der Waals surface area contributed by atoms with E-state index in [9.17, 15) is 0 Å². The SMILES string of the molecule is c1cnc2c(c1)CC1CC1C2. The maximum Gasteiger partial charge on any atom is 0.0438 e. The van der Waals surface area contributed by atoms with Crippen molar-refractivity contribution in [2.75, 3.05) is 0 Å². The molecule has 0 bridgehead atoms. The minimum atomic E-state index is 0.998. The van der Waals surface area contributed by atoms with E-state index in [1.54, 1.807) is 0 Å². The van der Waals surface area contributed by atoms with Crippen molar-refractivity contribution in [2.24, 2.45) is 11.8 Å². The molecule has 0 N–H and O–H groups in total. The Morgan fingerprint density at radius 2 is 2.18 bits per heavy atom. The lowest BCUT2D eigenvalue weighted by Gasteiger charge is -2.12. The fourth-order valence-corrected chi connectivity index (χ4v) is 2.18. The molecule has 1 aromatic rings. The summed E-state index contributed by atoms with van der Waals surface area (Å²) in [6.07, 6.45) is 5.92. The molecule has 1 heterocycles. The lowest BCUT2D eigenvalue weighted by atomic mass is 9.96. The highest BCUT2D eigenvalue weighted by molar-refractivity contribution is 5.26. The molecule has 2 aliphatic rings. The van der Waals surface area contributed by atoms with Crippen LogP contribution in [0.2, 0.25) is 0 Å². The summed E-state index contributed by atoms with van der Waals surface area (Å²) in [5.74, 6) is 2.02. The molecule has 3 rings (SSSR count). The largest absolute Gasteiger partial charge is 0.261 e. The van der Waals surface area contributed by atoms with Gasteiger partial charge in [0.15, 0.2) is 0 Å². The van der Waals surface area contributed by atoms with Crippen LogP contribution >= 0.6 is 0 Å². The normalized spacial score (nSPS) is 32.4. The van der Waals surface area contributed by atoms with E-state index in [0.717, 1.165) is 11.8 Å². The van der Waals surface area contributed by atoms with Gasteiger partial charge in [-0.1, -0.05) is 6.07 Å². The van der Waals surface area contributed by atoms with Gasteiger partial charge in [0.2, 0.25) is 0 Å². The standard InChI is InChI=1S/C10H11N/c1-2-7-4-8-5-9(8)6-10(7)11-3-1/h1-3,8-9H,4-6H2. The molecule has 2 atom stereocenters. The van der Waals surface area contributed by atoms with Crippen molar-refractivity contribution in [3.63, 3.8) is 0 Å². The monoisotopic (exact) mass is 145 g/mol. The van der Waals surface area contributed by atoms with E-state index in [4.69, 9.17) is 0 Å². The molecule has 0 aliphatic heterocycles. The Hall–Kier alpha value is -0.850. The molecule has 0 amide bonds. The Balaban J connectivity index is 2.07. The summed E-state index contributed by atoms with van der Waals surface area (Å²) >= 11 is 0. The van der Waals surface area contributed by atoms with Gasteiger partial charge < -0.3 is 0 Å². The van der Waals surface area contributed by atoms with Crippen LogP contribution in [0.4, 0.5) is 0 Å². The zero-order valence-corrected chi connectivity index (χ0v) is 6.46. The van der Waals surface area contributed by atoms with Gasteiger partial charge in [-0.15, -0.1) is 0 Å². The molecule has 56 valence electrons. The van der Waals surface area contributed by atoms with E-state index in [0.29, 0.717) is 0 Å². The first-order valence-electron chi connectivity index (χ1n) is 4.36. The van der Waals surface area contributed by atoms with Crippen molar-refractivity contribution in [2.45, 2.75) is 19.3 Å². The number of pyridine rings is 1. The number of nitrogens with zero attached hydrogens (tertiary/aromatic N) is 1. The molecule has 0 saturated heterocycles. The van der Waals surface area contributed by atoms with Crippen LogP contribution in [-0.4, -0.2) is 4.98 Å². The van der Waals surface area contributed by atoms with Crippen LogP contribution in [0.25, 0.3) is 0 Å². The minimum Gasteiger partial charge on any atom is -0.261 e. The van der Waals surface area contributed by atoms with Crippen LogP contribution in [0.15, 0.2) is 18.3 Å². The Morgan fingerprint density at radius 1 is 1.27 bits per heavy atom. The molecule has 2 aliphatic carbocycles. The van der Waals surface area contributed by atoms with E-state index in [-0.39, 0.29) is 0 Å². The van der Waals surface area contributed by atoms with Crippen molar-refractivity contribution in [1.29, 1.82) is 0 Å². The first kappa shape index (κ1) is 5.76. The fraction of sp³-hybridized carbons (Fsp3) is 0.500. The van der Waals surface area contributed by atoms with Gasteiger partial charge in [0.25, 0.3) is 0 Å². The van der Waals surface area contributed by atoms with Crippen LogP contribution in [-0.2, 0) is 12.8 Å². The number of hydrogen-bond acceptors (Lipinski definition) is 1. The molecule has 0 radical (unpaired) electrons. The van der Waals surface area contributed by atoms with E-state index in [1.807, 2.05) is 6.20 Å². The second-order valence-corrected chi connectivity index (χ2v) is 3.77. The van der Waals surface area contributed by atoms with Crippen LogP contribution in [0.1, 0.15) is 17.7 Å². The first-order chi connectivity index (χ1) is 5.43. The average Bonchev–Trinajstić information content (AvgIpc) is 2.77. The lowest BCUT2D eigenvalue weighted by molar-refractivity contribution is 0.633. The maximum absolute atomic E-state index is 4.40. The van der Waals surface area contributed by atoms with Gasteiger partial charge >= 0.3 is 0 Å². The number of hydrogen-bond donors (Lipinski definition) is 0. The highest BCUT2D eigenvalue weighted by Gasteiger charge is 2.40. The fourth-order valence-electron chi connectivity index (χ4n) is 2.18. The molecule has 1 saturated carbocycles. The quantitative estimate of drug-likeness (QED) is 0.542. The molecule has 2 unspecified atom stereocenters. The molecule has 0 spiro atoms. The third kappa shape index (κ3) is 0.802. The van der Waals surface area contributed by atoms with E-state index in [2.05, 4.69) is 17.1 Å². The summed E-state index contributed by atoms with van der Waals surface area (Å²) in [4.78, 5) is 4.40. The van der Waals surface area contributed by atoms with Gasteiger partial charge in [-0.25, -0.2) is 0 Å². The second kappa shape index (κ2) is 1.84. The zero-order chi connectivity index (χ0) is 7.26. The molecule has 1 aromatic heterocycles. The zero-order valence-electron chi connectivity index (χ0n) is 6.46. The Bertz CT molecular complexity index is 264. The summed E-state index contributed by atoms with van der Waals surface area (Å²) in [6, 6.07) is 4.29. The first-order valence-corrected chi connectivity index (χ1v) is 4.36. The van der Waals surface area contributed by atoms with Crippen LogP contribution in [0.5, 0.6) is 0 Å². The van der Waals surface area contributed by atoms with Gasteiger partial charge in [-0.3, -0.25) is 4.98 Å². The van der Waals surface area contributed by atoms with E-state index in [1.165, 1.54) is 30.5 Å². The average molecular weight is 145 g/mol. The highest BCUT2D eigenvalue weighted by atomic mass is 14.7. The summed E-state index contributed by atoms with van der Waals surface area (Å²) in [5.41, 5.74) is 2.87. The smallest absolute Gasteiger partial charge is 0.0438 e. The van der Waals surface area contributed by atoms with Crippen LogP contribution in [0, 0.1) is 11.8 Å². The molecule has 0 aromatic carbocycles.